The molecule has 2 unspecified atom stereocenters. The van der Waals surface area contributed by atoms with Crippen LogP contribution in [0.25, 0.3) is 66.0 Å². The Labute approximate surface area is 252 Å². The van der Waals surface area contributed by atoms with Crippen LogP contribution >= 0.6 is 0 Å². The lowest BCUT2D eigenvalue weighted by Crippen LogP contribution is -2.06. The maximum absolute atomic E-state index is 4.82. The van der Waals surface area contributed by atoms with Gasteiger partial charge in [-0.25, -0.2) is 0 Å². The number of allylic oxidation sites excluding steroid dienone is 2. The normalized spacial score (nSPS) is 16.7. The number of pyridine rings is 2. The van der Waals surface area contributed by atoms with Gasteiger partial charge in [0.25, 0.3) is 0 Å². The van der Waals surface area contributed by atoms with Gasteiger partial charge in [0.05, 0.1) is 11.4 Å². The number of aromatic nitrogens is 2. The van der Waals surface area contributed by atoms with Crippen LogP contribution in [0.4, 0.5) is 0 Å². The summed E-state index contributed by atoms with van der Waals surface area (Å²) in [4.78, 5) is 9.39. The minimum absolute atomic E-state index is 0.427. The van der Waals surface area contributed by atoms with Gasteiger partial charge in [-0.1, -0.05) is 110 Å². The molecule has 8 rings (SSSR count). The van der Waals surface area contributed by atoms with Crippen LogP contribution < -0.4 is 0 Å². The van der Waals surface area contributed by atoms with Crippen molar-refractivity contribution in [3.8, 4) is 33.6 Å². The molecule has 7 aromatic rings. The van der Waals surface area contributed by atoms with Crippen LogP contribution in [0.15, 0.2) is 140 Å². The smallest absolute Gasteiger partial charge is 0.0714 e. The predicted octanol–water partition coefficient (Wildman–Crippen LogP) is 11.0. The summed E-state index contributed by atoms with van der Waals surface area (Å²) in [5, 5.41) is 7.79. The Bertz CT molecular complexity index is 2100. The van der Waals surface area contributed by atoms with Gasteiger partial charge in [0.2, 0.25) is 0 Å². The largest absolute Gasteiger partial charge is 0.256 e. The summed E-state index contributed by atoms with van der Waals surface area (Å²) in [6.07, 6.45) is 11.0. The first-order chi connectivity index (χ1) is 21.3. The highest BCUT2D eigenvalue weighted by Crippen LogP contribution is 2.46. The molecule has 1 aliphatic carbocycles. The molecule has 2 heteroatoms. The van der Waals surface area contributed by atoms with Gasteiger partial charge in [-0.2, -0.15) is 0 Å². The van der Waals surface area contributed by atoms with Crippen molar-refractivity contribution in [1.82, 2.24) is 9.97 Å². The van der Waals surface area contributed by atoms with Gasteiger partial charge >= 0.3 is 0 Å². The molecule has 0 N–H and O–H groups in total. The lowest BCUT2D eigenvalue weighted by molar-refractivity contribution is 0.548. The third kappa shape index (κ3) is 4.42. The van der Waals surface area contributed by atoms with E-state index in [-0.39, 0.29) is 0 Å². The molecule has 0 aliphatic heterocycles. The van der Waals surface area contributed by atoms with E-state index in [2.05, 4.69) is 115 Å². The van der Waals surface area contributed by atoms with Crippen LogP contribution in [0.3, 0.4) is 0 Å². The van der Waals surface area contributed by atoms with E-state index < -0.39 is 0 Å². The van der Waals surface area contributed by atoms with E-state index in [1.807, 2.05) is 36.7 Å². The van der Waals surface area contributed by atoms with Gasteiger partial charge in [0.1, 0.15) is 0 Å². The molecule has 0 spiro atoms. The van der Waals surface area contributed by atoms with E-state index in [1.54, 1.807) is 0 Å². The molecule has 0 amide bonds. The van der Waals surface area contributed by atoms with Crippen molar-refractivity contribution < 1.29 is 0 Å². The Kier molecular flexibility index (Phi) is 6.34. The second kappa shape index (κ2) is 10.6. The summed E-state index contributed by atoms with van der Waals surface area (Å²) in [7, 11) is 0. The summed E-state index contributed by atoms with van der Waals surface area (Å²) in [5.74, 6) is 1.08. The average Bonchev–Trinajstić information content (AvgIpc) is 3.08. The quantitative estimate of drug-likeness (QED) is 0.160. The van der Waals surface area contributed by atoms with E-state index in [0.29, 0.717) is 11.8 Å². The summed E-state index contributed by atoms with van der Waals surface area (Å²) >= 11 is 0. The molecule has 2 atom stereocenters. The second-order valence-electron chi connectivity index (χ2n) is 11.8. The van der Waals surface area contributed by atoms with Crippen LogP contribution in [0.5, 0.6) is 0 Å². The molecule has 2 aromatic heterocycles. The molecule has 0 radical (unpaired) electrons. The van der Waals surface area contributed by atoms with E-state index in [4.69, 9.17) is 4.98 Å². The molecule has 2 heterocycles. The highest BCUT2D eigenvalue weighted by Gasteiger charge is 2.23. The van der Waals surface area contributed by atoms with Gasteiger partial charge in [-0.15, -0.1) is 0 Å². The maximum Gasteiger partial charge on any atom is 0.0714 e. The Morgan fingerprint density at radius 3 is 1.81 bits per heavy atom. The van der Waals surface area contributed by atoms with Crippen LogP contribution in [0.1, 0.15) is 31.2 Å². The lowest BCUT2D eigenvalue weighted by atomic mass is 9.78. The van der Waals surface area contributed by atoms with Crippen LogP contribution in [0.2, 0.25) is 0 Å². The highest BCUT2D eigenvalue weighted by molar-refractivity contribution is 6.19. The third-order valence-corrected chi connectivity index (χ3v) is 9.14. The first-order valence-electron chi connectivity index (χ1n) is 15.3. The Hall–Kier alpha value is -5.08. The van der Waals surface area contributed by atoms with E-state index in [1.165, 1.54) is 61.8 Å². The van der Waals surface area contributed by atoms with E-state index in [0.717, 1.165) is 22.5 Å². The van der Waals surface area contributed by atoms with Gasteiger partial charge in [-0.3, -0.25) is 9.97 Å². The molecular formula is C41H32N2. The van der Waals surface area contributed by atoms with Gasteiger partial charge < -0.3 is 0 Å². The van der Waals surface area contributed by atoms with Crippen LogP contribution in [0, 0.1) is 5.92 Å². The predicted molar refractivity (Wildman–Crippen MR) is 181 cm³/mol. The molecule has 0 saturated carbocycles. The molecule has 43 heavy (non-hydrogen) atoms. The molecule has 206 valence electrons. The van der Waals surface area contributed by atoms with Crippen molar-refractivity contribution in [2.24, 2.45) is 5.92 Å². The molecule has 5 aromatic carbocycles. The van der Waals surface area contributed by atoms with E-state index >= 15 is 0 Å². The van der Waals surface area contributed by atoms with Crippen LogP contribution in [-0.2, 0) is 0 Å². The molecular weight excluding hydrogens is 520 g/mol. The minimum atomic E-state index is 0.427. The Balaban J connectivity index is 1.38. The number of hydrogen-bond acceptors (Lipinski definition) is 2. The fourth-order valence-electron chi connectivity index (χ4n) is 7.07. The highest BCUT2D eigenvalue weighted by atomic mass is 14.7. The lowest BCUT2D eigenvalue weighted by Gasteiger charge is -2.25. The minimum Gasteiger partial charge on any atom is -0.256 e. The van der Waals surface area contributed by atoms with Crippen molar-refractivity contribution >= 4 is 32.3 Å². The molecule has 1 aliphatic rings. The molecule has 0 saturated heterocycles. The number of benzene rings is 5. The fourth-order valence-corrected chi connectivity index (χ4v) is 7.07. The van der Waals surface area contributed by atoms with E-state index in [9.17, 15) is 0 Å². The zero-order valence-electron chi connectivity index (χ0n) is 24.2. The number of hydrogen-bond donors (Lipinski definition) is 0. The number of nitrogens with zero attached hydrogens (tertiary/aromatic N) is 2. The van der Waals surface area contributed by atoms with Crippen molar-refractivity contribution in [3.63, 3.8) is 0 Å². The summed E-state index contributed by atoms with van der Waals surface area (Å²) < 4.78 is 0. The Morgan fingerprint density at radius 1 is 0.512 bits per heavy atom. The van der Waals surface area contributed by atoms with Gasteiger partial charge in [0, 0.05) is 29.4 Å². The SMILES string of the molecule is CC1C=CC(c2c3ccccc3c(-c3cccc4c(-c5cc(-c6ccccn6)ccn5)cccc34)c3ccccc23)CC1. The zero-order chi connectivity index (χ0) is 28.8. The first-order valence-corrected chi connectivity index (χ1v) is 15.3. The van der Waals surface area contributed by atoms with Crippen molar-refractivity contribution in [2.45, 2.75) is 25.7 Å². The first kappa shape index (κ1) is 25.6. The van der Waals surface area contributed by atoms with Gasteiger partial charge in [-0.05, 0) is 92.0 Å². The monoisotopic (exact) mass is 552 g/mol. The second-order valence-corrected chi connectivity index (χ2v) is 11.8. The number of rotatable bonds is 4. The summed E-state index contributed by atoms with van der Waals surface area (Å²) in [6, 6.07) is 41.6. The average molecular weight is 553 g/mol. The zero-order valence-corrected chi connectivity index (χ0v) is 24.2. The maximum atomic E-state index is 4.82. The summed E-state index contributed by atoms with van der Waals surface area (Å²) in [5.41, 5.74) is 8.13. The van der Waals surface area contributed by atoms with Crippen LogP contribution in [-0.4, -0.2) is 9.97 Å². The van der Waals surface area contributed by atoms with Crippen molar-refractivity contribution in [2.75, 3.05) is 0 Å². The van der Waals surface area contributed by atoms with Gasteiger partial charge in [0.15, 0.2) is 0 Å². The standard InChI is InChI=1S/C41H32N2/c1-27-19-21-28(22-20-27)40-34-10-2-4-12-36(34)41(37-13-5-3-11-35(37)40)33-17-9-14-30-31(33)15-8-16-32(30)39-26-29(23-25-43-39)38-18-6-7-24-42-38/h2-19,21,23-28H,20,22H2,1H3. The molecule has 0 fully saturated rings. The topological polar surface area (TPSA) is 25.8 Å². The third-order valence-electron chi connectivity index (χ3n) is 9.14. The van der Waals surface area contributed by atoms with Crippen molar-refractivity contribution in [3.05, 3.63) is 145 Å². The van der Waals surface area contributed by atoms with Crippen molar-refractivity contribution in [1.29, 1.82) is 0 Å². The fraction of sp³-hybridized carbons (Fsp3) is 0.122. The Morgan fingerprint density at radius 2 is 1.14 bits per heavy atom. The molecule has 2 nitrogen and oxygen atoms in total. The number of fused-ring (bicyclic) bond motifs is 3. The molecule has 0 bridgehead atoms. The summed E-state index contributed by atoms with van der Waals surface area (Å²) in [6.45, 7) is 2.32.